The first kappa shape index (κ1) is 16.2. The van der Waals surface area contributed by atoms with E-state index in [1.54, 1.807) is 0 Å². The molecule has 0 heterocycles. The second-order valence-corrected chi connectivity index (χ2v) is 32.3. The van der Waals surface area contributed by atoms with E-state index in [4.69, 9.17) is 9.05 Å². The van der Waals surface area contributed by atoms with Gasteiger partial charge in [-0.1, -0.05) is 0 Å². The molecule has 15 heavy (non-hydrogen) atoms. The van der Waals surface area contributed by atoms with Gasteiger partial charge in [-0.3, -0.25) is 0 Å². The Hall–Kier alpha value is 1.17. The van der Waals surface area contributed by atoms with Crippen molar-refractivity contribution in [3.8, 4) is 0 Å². The first-order chi connectivity index (χ1) is 6.49. The topological polar surface area (TPSA) is 35.5 Å². The van der Waals surface area contributed by atoms with E-state index in [2.05, 4.69) is 34.5 Å². The molecule has 0 aliphatic heterocycles. The van der Waals surface area contributed by atoms with Crippen molar-refractivity contribution in [3.05, 3.63) is 0 Å². The molecule has 0 aliphatic rings. The van der Waals surface area contributed by atoms with E-state index in [1.807, 2.05) is 0 Å². The van der Waals surface area contributed by atoms with Crippen molar-refractivity contribution in [1.82, 2.24) is 0 Å². The van der Waals surface area contributed by atoms with Gasteiger partial charge in [0.15, 0.2) is 0 Å². The van der Waals surface area contributed by atoms with Crippen molar-refractivity contribution < 1.29 is 13.6 Å². The Morgan fingerprint density at radius 2 is 1.40 bits per heavy atom. The monoisotopic (exact) mass is 360 g/mol. The zero-order chi connectivity index (χ0) is 12.5. The molecule has 0 radical (unpaired) electrons. The Morgan fingerprint density at radius 1 is 1.07 bits per heavy atom. The van der Waals surface area contributed by atoms with E-state index in [-0.39, 0.29) is 3.30 Å². The quantitative estimate of drug-likeness (QED) is 0.556. The van der Waals surface area contributed by atoms with Crippen molar-refractivity contribution in [3.63, 3.8) is 0 Å². The van der Waals surface area contributed by atoms with E-state index in [9.17, 15) is 4.57 Å². The predicted octanol–water partition coefficient (Wildman–Crippen LogP) is 3.60. The first-order valence-corrected chi connectivity index (χ1v) is 20.6. The molecule has 3 nitrogen and oxygen atoms in total. The molecular weight excluding hydrogens is 334 g/mol. The Bertz CT molecular complexity index is 235. The van der Waals surface area contributed by atoms with Crippen LogP contribution in [0.2, 0.25) is 34.5 Å². The van der Waals surface area contributed by atoms with Gasteiger partial charge >= 0.3 is 99.6 Å². The van der Waals surface area contributed by atoms with Gasteiger partial charge in [0.2, 0.25) is 0 Å². The van der Waals surface area contributed by atoms with E-state index < -0.39 is 34.0 Å². The summed E-state index contributed by atoms with van der Waals surface area (Å²) in [4.78, 5) is 6.92. The van der Waals surface area contributed by atoms with Gasteiger partial charge in [0, 0.05) is 0 Å². The van der Waals surface area contributed by atoms with Gasteiger partial charge in [0.25, 0.3) is 0 Å². The molecule has 0 aromatic heterocycles. The Balaban J connectivity index is 5.41. The van der Waals surface area contributed by atoms with Crippen molar-refractivity contribution in [2.24, 2.45) is 0 Å². The summed E-state index contributed by atoms with van der Waals surface area (Å²) in [5.41, 5.74) is 0. The summed E-state index contributed by atoms with van der Waals surface area (Å²) in [5.74, 6) is 0. The Labute approximate surface area is 99.3 Å². The van der Waals surface area contributed by atoms with Crippen LogP contribution in [0.3, 0.4) is 0 Å². The predicted molar refractivity (Wildman–Crippen MR) is 72.1 cm³/mol. The van der Waals surface area contributed by atoms with Crippen LogP contribution < -0.4 is 0 Å². The summed E-state index contributed by atoms with van der Waals surface area (Å²) in [6.07, 6.45) is 0. The molecule has 0 saturated carbocycles. The average molecular weight is 359 g/mol. The van der Waals surface area contributed by atoms with E-state index >= 15 is 0 Å². The van der Waals surface area contributed by atoms with Crippen LogP contribution >= 0.6 is 7.60 Å². The van der Waals surface area contributed by atoms with E-state index in [0.717, 1.165) is 0 Å². The zero-order valence-corrected chi connectivity index (χ0v) is 16.0. The van der Waals surface area contributed by atoms with Crippen molar-refractivity contribution in [2.75, 3.05) is 14.2 Å². The maximum absolute atomic E-state index is 12.6. The second-order valence-electron chi connectivity index (χ2n) is 6.04. The van der Waals surface area contributed by atoms with E-state index in [0.29, 0.717) is 0 Å². The van der Waals surface area contributed by atoms with E-state index in [1.165, 1.54) is 14.2 Å². The molecular formula is C9H25O3PSiSn. The fourth-order valence-electron chi connectivity index (χ4n) is 2.53. The minimum absolute atomic E-state index is 0.217. The molecule has 0 aromatic carbocycles. The number of hydrogen-bond donors (Lipinski definition) is 0. The van der Waals surface area contributed by atoms with Crippen molar-refractivity contribution in [1.29, 1.82) is 0 Å². The third kappa shape index (κ3) is 4.15. The van der Waals surface area contributed by atoms with Gasteiger partial charge in [0.05, 0.1) is 0 Å². The summed E-state index contributed by atoms with van der Waals surface area (Å²) in [6, 6.07) is 0. The minimum atomic E-state index is -2.88. The molecule has 0 amide bonds. The molecule has 0 rings (SSSR count). The summed E-state index contributed by atoms with van der Waals surface area (Å²) in [6.45, 7) is 6.76. The molecule has 0 fully saturated rings. The molecule has 6 heteroatoms. The van der Waals surface area contributed by atoms with Crippen LogP contribution in [-0.2, 0) is 13.6 Å². The van der Waals surface area contributed by atoms with Gasteiger partial charge in [-0.25, -0.2) is 0 Å². The SMILES string of the molecule is COP(=O)(OC)[C@@H]([Si](C)(C)C)[Sn]([CH3])([CH3])[CH3]. The molecule has 0 bridgehead atoms. The standard InChI is InChI=1S/C6H16O3PSi.3CH3.Sn/c1-8-10(7,9-2)6-11(3,4)5;;;;/h6H,1-5H3;3*1H3;. The maximum atomic E-state index is 12.6. The zero-order valence-electron chi connectivity index (χ0n) is 11.2. The molecule has 1 atom stereocenters. The van der Waals surface area contributed by atoms with Gasteiger partial charge in [-0.2, -0.15) is 0 Å². The third-order valence-electron chi connectivity index (χ3n) is 2.47. The van der Waals surface area contributed by atoms with Gasteiger partial charge in [-0.15, -0.1) is 0 Å². The van der Waals surface area contributed by atoms with Crippen molar-refractivity contribution in [2.45, 2.75) is 37.8 Å². The molecule has 0 unspecified atom stereocenters. The summed E-state index contributed by atoms with van der Waals surface area (Å²) in [5, 5.41) is 0. The van der Waals surface area contributed by atoms with Crippen LogP contribution in [-0.4, -0.2) is 44.0 Å². The second kappa shape index (κ2) is 5.21. The first-order valence-electron chi connectivity index (χ1n) is 5.20. The fourth-order valence-corrected chi connectivity index (χ4v) is 43.3. The number of rotatable bonds is 5. The number of hydrogen-bond acceptors (Lipinski definition) is 3. The summed E-state index contributed by atoms with van der Waals surface area (Å²) >= 11 is -2.31. The van der Waals surface area contributed by atoms with Crippen LogP contribution in [0.4, 0.5) is 0 Å². The van der Waals surface area contributed by atoms with Crippen molar-refractivity contribution >= 4 is 34.0 Å². The summed E-state index contributed by atoms with van der Waals surface area (Å²) in [7, 11) is -1.38. The van der Waals surface area contributed by atoms with Gasteiger partial charge in [0.1, 0.15) is 0 Å². The van der Waals surface area contributed by atoms with Crippen LogP contribution in [0.5, 0.6) is 0 Å². The molecule has 92 valence electrons. The average Bonchev–Trinajstić information content (AvgIpc) is 1.98. The third-order valence-corrected chi connectivity index (χ3v) is 34.8. The summed E-state index contributed by atoms with van der Waals surface area (Å²) < 4.78 is 23.2. The Morgan fingerprint density at radius 3 is 1.47 bits per heavy atom. The normalized spacial score (nSPS) is 16.5. The fraction of sp³-hybridized carbons (Fsp3) is 1.00. The Kier molecular flexibility index (Phi) is 5.62. The van der Waals surface area contributed by atoms with Crippen LogP contribution in [0.1, 0.15) is 0 Å². The van der Waals surface area contributed by atoms with Gasteiger partial charge in [-0.05, 0) is 0 Å². The van der Waals surface area contributed by atoms with Crippen LogP contribution in [0, 0.1) is 0 Å². The molecule has 0 saturated heterocycles. The molecule has 0 N–H and O–H groups in total. The van der Waals surface area contributed by atoms with Crippen LogP contribution in [0.25, 0.3) is 0 Å². The molecule has 0 aromatic rings. The van der Waals surface area contributed by atoms with Gasteiger partial charge < -0.3 is 0 Å². The molecule has 0 aliphatic carbocycles. The van der Waals surface area contributed by atoms with Crippen LogP contribution in [0.15, 0.2) is 0 Å². The molecule has 0 spiro atoms.